The highest BCUT2D eigenvalue weighted by atomic mass is 16.5. The van der Waals surface area contributed by atoms with Crippen molar-refractivity contribution in [1.82, 2.24) is 4.57 Å². The predicted octanol–water partition coefficient (Wildman–Crippen LogP) is 5.41. The molecule has 2 heterocycles. The van der Waals surface area contributed by atoms with Crippen LogP contribution in [0.5, 0.6) is 0 Å². The standard InChI is InChI=1S/C34H32N4O6/c1-6-44-34(43)24-9-11-27(12-10-24)36-21(2)19-25(22(36)3)20-30-31(39)37(28-13-7-23(8-14-28)33(41)42)38(32(30)40)29-17-15-26(16-18-29)35(4)5/h7-20H,6H2,1-5H3,(H,41,42)/b30-20-. The molecule has 1 N–H and O–H groups in total. The van der Waals surface area contributed by atoms with E-state index < -0.39 is 23.8 Å². The molecule has 10 heteroatoms. The van der Waals surface area contributed by atoms with Gasteiger partial charge in [-0.05, 0) is 111 Å². The molecular formula is C34H32N4O6. The maximum Gasteiger partial charge on any atom is 0.338 e. The molecule has 0 saturated carbocycles. The van der Waals surface area contributed by atoms with E-state index in [2.05, 4.69) is 0 Å². The summed E-state index contributed by atoms with van der Waals surface area (Å²) in [6.07, 6.45) is 1.59. The van der Waals surface area contributed by atoms with Crippen molar-refractivity contribution >= 4 is 46.9 Å². The van der Waals surface area contributed by atoms with E-state index in [0.29, 0.717) is 22.5 Å². The third-order valence-electron chi connectivity index (χ3n) is 7.42. The van der Waals surface area contributed by atoms with E-state index >= 15 is 0 Å². The first kappa shape index (κ1) is 29.8. The number of aryl methyl sites for hydroxylation is 1. The van der Waals surface area contributed by atoms with Crippen LogP contribution in [0.1, 0.15) is 44.6 Å². The number of aromatic carboxylic acids is 1. The lowest BCUT2D eigenvalue weighted by Gasteiger charge is -2.27. The number of rotatable bonds is 8. The highest BCUT2D eigenvalue weighted by Gasteiger charge is 2.43. The van der Waals surface area contributed by atoms with Gasteiger partial charge in [-0.2, -0.15) is 0 Å². The minimum atomic E-state index is -1.09. The Morgan fingerprint density at radius 2 is 1.30 bits per heavy atom. The fourth-order valence-electron chi connectivity index (χ4n) is 5.17. The molecule has 0 atom stereocenters. The Morgan fingerprint density at radius 3 is 1.80 bits per heavy atom. The van der Waals surface area contributed by atoms with E-state index in [-0.39, 0.29) is 17.7 Å². The summed E-state index contributed by atoms with van der Waals surface area (Å²) in [6.45, 7) is 5.85. The lowest BCUT2D eigenvalue weighted by atomic mass is 10.1. The third kappa shape index (κ3) is 5.45. The average molecular weight is 593 g/mol. The summed E-state index contributed by atoms with van der Waals surface area (Å²) in [5.74, 6) is -2.55. The maximum atomic E-state index is 14.0. The molecular weight excluding hydrogens is 560 g/mol. The van der Waals surface area contributed by atoms with Gasteiger partial charge in [0.15, 0.2) is 0 Å². The van der Waals surface area contributed by atoms with Crippen molar-refractivity contribution in [2.75, 3.05) is 35.6 Å². The van der Waals surface area contributed by atoms with Gasteiger partial charge in [0.25, 0.3) is 11.8 Å². The number of hydrogen-bond donors (Lipinski definition) is 1. The lowest BCUT2D eigenvalue weighted by Crippen LogP contribution is -2.41. The number of amides is 2. The molecule has 44 heavy (non-hydrogen) atoms. The molecule has 3 aromatic carbocycles. The van der Waals surface area contributed by atoms with Crippen LogP contribution in [0.25, 0.3) is 11.8 Å². The number of esters is 1. The molecule has 0 aliphatic carbocycles. The molecule has 1 aromatic heterocycles. The van der Waals surface area contributed by atoms with Gasteiger partial charge >= 0.3 is 11.9 Å². The van der Waals surface area contributed by atoms with Crippen LogP contribution >= 0.6 is 0 Å². The van der Waals surface area contributed by atoms with Crippen LogP contribution in [0.4, 0.5) is 17.1 Å². The molecule has 1 fully saturated rings. The lowest BCUT2D eigenvalue weighted by molar-refractivity contribution is -0.116. The third-order valence-corrected chi connectivity index (χ3v) is 7.42. The summed E-state index contributed by atoms with van der Waals surface area (Å²) in [5.41, 5.74) is 5.37. The van der Waals surface area contributed by atoms with E-state index in [1.165, 1.54) is 34.3 Å². The van der Waals surface area contributed by atoms with Crippen LogP contribution in [-0.2, 0) is 14.3 Å². The van der Waals surface area contributed by atoms with Crippen molar-refractivity contribution in [2.24, 2.45) is 0 Å². The summed E-state index contributed by atoms with van der Waals surface area (Å²) < 4.78 is 7.06. The summed E-state index contributed by atoms with van der Waals surface area (Å²) in [6, 6.07) is 21.9. The second-order valence-corrected chi connectivity index (χ2v) is 10.5. The Hall–Kier alpha value is -5.64. The van der Waals surface area contributed by atoms with E-state index in [0.717, 1.165) is 22.8 Å². The van der Waals surface area contributed by atoms with Crippen molar-refractivity contribution in [1.29, 1.82) is 0 Å². The highest BCUT2D eigenvalue weighted by Crippen LogP contribution is 2.34. The molecule has 0 spiro atoms. The largest absolute Gasteiger partial charge is 0.478 e. The SMILES string of the molecule is CCOC(=O)c1ccc(-n2c(C)cc(/C=C3/C(=O)N(c4ccc(C(=O)O)cc4)N(c4ccc(N(C)C)cc4)C3=O)c2C)cc1. The van der Waals surface area contributed by atoms with Gasteiger partial charge in [0.05, 0.1) is 29.1 Å². The van der Waals surface area contributed by atoms with E-state index in [9.17, 15) is 24.3 Å². The Balaban J connectivity index is 1.56. The predicted molar refractivity (Wildman–Crippen MR) is 168 cm³/mol. The molecule has 10 nitrogen and oxygen atoms in total. The first-order chi connectivity index (χ1) is 21.0. The van der Waals surface area contributed by atoms with Gasteiger partial charge in [-0.3, -0.25) is 9.59 Å². The van der Waals surface area contributed by atoms with Gasteiger partial charge in [0, 0.05) is 36.9 Å². The molecule has 224 valence electrons. The zero-order chi connectivity index (χ0) is 31.7. The number of carbonyl (C=O) groups excluding carboxylic acids is 3. The van der Waals surface area contributed by atoms with Crippen LogP contribution in [-0.4, -0.2) is 54.1 Å². The first-order valence-electron chi connectivity index (χ1n) is 14.0. The Kier molecular flexibility index (Phi) is 8.09. The van der Waals surface area contributed by atoms with Crippen LogP contribution in [0.15, 0.2) is 84.4 Å². The molecule has 1 aliphatic heterocycles. The molecule has 0 radical (unpaired) electrons. The van der Waals surface area contributed by atoms with Gasteiger partial charge in [-0.15, -0.1) is 0 Å². The second-order valence-electron chi connectivity index (χ2n) is 10.5. The Morgan fingerprint density at radius 1 is 0.795 bits per heavy atom. The molecule has 1 saturated heterocycles. The van der Waals surface area contributed by atoms with Gasteiger partial charge in [0.2, 0.25) is 0 Å². The number of ether oxygens (including phenoxy) is 1. The number of benzene rings is 3. The first-order valence-corrected chi connectivity index (χ1v) is 14.0. The summed E-state index contributed by atoms with van der Waals surface area (Å²) in [4.78, 5) is 53.4. The maximum absolute atomic E-state index is 14.0. The van der Waals surface area contributed by atoms with Gasteiger partial charge in [-0.1, -0.05) is 0 Å². The number of aromatic nitrogens is 1. The number of carbonyl (C=O) groups is 4. The Bertz CT molecular complexity index is 1790. The van der Waals surface area contributed by atoms with Crippen molar-refractivity contribution in [3.8, 4) is 5.69 Å². The number of anilines is 3. The number of hydrogen-bond acceptors (Lipinski definition) is 6. The molecule has 5 rings (SSSR count). The number of hydrazine groups is 1. The van der Waals surface area contributed by atoms with Crippen LogP contribution in [0.3, 0.4) is 0 Å². The summed E-state index contributed by atoms with van der Waals surface area (Å²) in [7, 11) is 3.81. The van der Waals surface area contributed by atoms with Crippen molar-refractivity contribution in [3.05, 3.63) is 113 Å². The normalized spacial score (nSPS) is 14.0. The van der Waals surface area contributed by atoms with Crippen LogP contribution in [0, 0.1) is 13.8 Å². The fourth-order valence-corrected chi connectivity index (χ4v) is 5.17. The van der Waals surface area contributed by atoms with Crippen LogP contribution in [0.2, 0.25) is 0 Å². The molecule has 2 amide bonds. The minimum absolute atomic E-state index is 0.0399. The Labute approximate surface area is 255 Å². The molecule has 1 aliphatic rings. The second kappa shape index (κ2) is 11.9. The van der Waals surface area contributed by atoms with E-state index in [4.69, 9.17) is 4.74 Å². The van der Waals surface area contributed by atoms with Crippen LogP contribution < -0.4 is 14.9 Å². The molecule has 0 unspecified atom stereocenters. The fraction of sp³-hybridized carbons (Fsp3) is 0.176. The highest BCUT2D eigenvalue weighted by molar-refractivity contribution is 6.38. The quantitative estimate of drug-likeness (QED) is 0.165. The smallest absolute Gasteiger partial charge is 0.338 e. The van der Waals surface area contributed by atoms with E-state index in [1.54, 1.807) is 37.3 Å². The van der Waals surface area contributed by atoms with Crippen molar-refractivity contribution in [2.45, 2.75) is 20.8 Å². The molecule has 4 aromatic rings. The average Bonchev–Trinajstić information content (AvgIpc) is 3.43. The topological polar surface area (TPSA) is 112 Å². The van der Waals surface area contributed by atoms with E-state index in [1.807, 2.05) is 67.7 Å². The van der Waals surface area contributed by atoms with Gasteiger partial charge in [0.1, 0.15) is 5.57 Å². The number of carboxylic acids is 1. The number of nitrogens with zero attached hydrogens (tertiary/aromatic N) is 4. The monoisotopic (exact) mass is 592 g/mol. The zero-order valence-electron chi connectivity index (χ0n) is 25.1. The summed E-state index contributed by atoms with van der Waals surface area (Å²) in [5, 5.41) is 11.9. The molecule has 0 bridgehead atoms. The zero-order valence-corrected chi connectivity index (χ0v) is 25.1. The summed E-state index contributed by atoms with van der Waals surface area (Å²) >= 11 is 0. The van der Waals surface area contributed by atoms with Crippen molar-refractivity contribution < 1.29 is 29.0 Å². The van der Waals surface area contributed by atoms with Gasteiger partial charge < -0.3 is 19.3 Å². The minimum Gasteiger partial charge on any atom is -0.478 e. The van der Waals surface area contributed by atoms with Crippen molar-refractivity contribution in [3.63, 3.8) is 0 Å². The number of carboxylic acid groups (broad SMARTS) is 1. The van der Waals surface area contributed by atoms with Gasteiger partial charge in [-0.25, -0.2) is 19.6 Å².